The molecule has 1 aliphatic rings. The molecule has 0 aromatic heterocycles. The Hall–Kier alpha value is -1.88. The highest BCUT2D eigenvalue weighted by Crippen LogP contribution is 2.48. The van der Waals surface area contributed by atoms with E-state index in [9.17, 15) is 9.59 Å². The van der Waals surface area contributed by atoms with E-state index in [1.807, 2.05) is 4.90 Å². The molecule has 5 heteroatoms. The average molecular weight is 404 g/mol. The second-order valence-corrected chi connectivity index (χ2v) is 8.14. The van der Waals surface area contributed by atoms with Crippen molar-refractivity contribution >= 4 is 11.9 Å². The quantitative estimate of drug-likeness (QED) is 0.280. The lowest BCUT2D eigenvalue weighted by Crippen LogP contribution is -2.70. The van der Waals surface area contributed by atoms with E-state index in [1.54, 1.807) is 0 Å². The molecule has 5 nitrogen and oxygen atoms in total. The Kier molecular flexibility index (Phi) is 9.15. The van der Waals surface area contributed by atoms with Gasteiger partial charge < -0.3 is 9.47 Å². The van der Waals surface area contributed by atoms with Gasteiger partial charge in [0.05, 0.1) is 14.2 Å². The van der Waals surface area contributed by atoms with Gasteiger partial charge in [0.2, 0.25) is 5.54 Å². The molecule has 0 amide bonds. The average Bonchev–Trinajstić information content (AvgIpc) is 2.72. The number of benzene rings is 1. The summed E-state index contributed by atoms with van der Waals surface area (Å²) in [6.45, 7) is 4.96. The third-order valence-electron chi connectivity index (χ3n) is 6.12. The van der Waals surface area contributed by atoms with Gasteiger partial charge in [-0.2, -0.15) is 0 Å². The molecule has 29 heavy (non-hydrogen) atoms. The van der Waals surface area contributed by atoms with Gasteiger partial charge in [0.1, 0.15) is 0 Å². The van der Waals surface area contributed by atoms with Crippen LogP contribution in [0.2, 0.25) is 0 Å². The summed E-state index contributed by atoms with van der Waals surface area (Å²) in [5.41, 5.74) is 0.994. The van der Waals surface area contributed by atoms with Gasteiger partial charge in [-0.25, -0.2) is 9.59 Å². The first-order valence-electron chi connectivity index (χ1n) is 11.0. The van der Waals surface area contributed by atoms with Crippen LogP contribution < -0.4 is 0 Å². The molecule has 1 aromatic carbocycles. The highest BCUT2D eigenvalue weighted by molar-refractivity contribution is 6.06. The molecule has 162 valence electrons. The van der Waals surface area contributed by atoms with E-state index < -0.39 is 17.5 Å². The van der Waals surface area contributed by atoms with Crippen LogP contribution in [0.4, 0.5) is 0 Å². The topological polar surface area (TPSA) is 55.8 Å². The van der Waals surface area contributed by atoms with E-state index in [0.717, 1.165) is 18.4 Å². The van der Waals surface area contributed by atoms with Gasteiger partial charge in [-0.1, -0.05) is 81.7 Å². The first-order valence-corrected chi connectivity index (χ1v) is 11.0. The number of likely N-dealkylation sites (tertiary alicyclic amines) is 1. The molecule has 0 saturated carbocycles. The fourth-order valence-corrected chi connectivity index (χ4v) is 4.33. The molecule has 1 heterocycles. The Morgan fingerprint density at radius 2 is 1.45 bits per heavy atom. The smallest absolute Gasteiger partial charge is 0.338 e. The summed E-state index contributed by atoms with van der Waals surface area (Å²) in [4.78, 5) is 27.2. The molecule has 0 N–H and O–H groups in total. The lowest BCUT2D eigenvalue weighted by Gasteiger charge is -2.54. The SMILES string of the molecule is CCCCCCCCCCN1C(c2ccc(C)cc2)CC1(C(=O)OC)C(=O)OC. The van der Waals surface area contributed by atoms with E-state index in [4.69, 9.17) is 9.47 Å². The number of hydrogen-bond acceptors (Lipinski definition) is 5. The highest BCUT2D eigenvalue weighted by Gasteiger charge is 2.64. The zero-order valence-corrected chi connectivity index (χ0v) is 18.5. The highest BCUT2D eigenvalue weighted by atomic mass is 16.5. The Bertz CT molecular complexity index is 639. The Labute approximate surface area is 175 Å². The maximum absolute atomic E-state index is 12.6. The molecule has 1 aromatic rings. The summed E-state index contributed by atoms with van der Waals surface area (Å²) in [6, 6.07) is 8.33. The number of aryl methyl sites for hydroxylation is 1. The lowest BCUT2D eigenvalue weighted by atomic mass is 9.74. The summed E-state index contributed by atoms with van der Waals surface area (Å²) in [5, 5.41) is 0. The second-order valence-electron chi connectivity index (χ2n) is 8.14. The van der Waals surface area contributed by atoms with Gasteiger partial charge in [-0.3, -0.25) is 4.90 Å². The zero-order valence-electron chi connectivity index (χ0n) is 18.5. The number of esters is 2. The monoisotopic (exact) mass is 403 g/mol. The van der Waals surface area contributed by atoms with E-state index in [-0.39, 0.29) is 6.04 Å². The number of methoxy groups -OCH3 is 2. The van der Waals surface area contributed by atoms with Crippen molar-refractivity contribution in [2.24, 2.45) is 0 Å². The summed E-state index contributed by atoms with van der Waals surface area (Å²) >= 11 is 0. The van der Waals surface area contributed by atoms with Crippen molar-refractivity contribution < 1.29 is 19.1 Å². The van der Waals surface area contributed by atoms with Crippen LogP contribution >= 0.6 is 0 Å². The minimum atomic E-state index is -1.32. The van der Waals surface area contributed by atoms with Crippen LogP contribution in [0.15, 0.2) is 24.3 Å². The van der Waals surface area contributed by atoms with Gasteiger partial charge in [0.25, 0.3) is 0 Å². The molecule has 0 radical (unpaired) electrons. The van der Waals surface area contributed by atoms with Crippen LogP contribution in [0.5, 0.6) is 0 Å². The van der Waals surface area contributed by atoms with Crippen molar-refractivity contribution in [2.45, 2.75) is 83.2 Å². The van der Waals surface area contributed by atoms with Crippen LogP contribution in [0, 0.1) is 6.92 Å². The van der Waals surface area contributed by atoms with E-state index in [1.165, 1.54) is 58.3 Å². The molecular formula is C24H37NO4. The first kappa shape index (κ1) is 23.4. The molecule has 0 aliphatic carbocycles. The van der Waals surface area contributed by atoms with Crippen molar-refractivity contribution in [2.75, 3.05) is 20.8 Å². The molecule has 0 spiro atoms. The number of nitrogens with zero attached hydrogens (tertiary/aromatic N) is 1. The minimum Gasteiger partial charge on any atom is -0.467 e. The Morgan fingerprint density at radius 3 is 1.97 bits per heavy atom. The molecule has 1 aliphatic heterocycles. The molecular weight excluding hydrogens is 366 g/mol. The van der Waals surface area contributed by atoms with Gasteiger partial charge in [0.15, 0.2) is 0 Å². The van der Waals surface area contributed by atoms with Crippen LogP contribution in [0.3, 0.4) is 0 Å². The lowest BCUT2D eigenvalue weighted by molar-refractivity contribution is -0.192. The number of hydrogen-bond donors (Lipinski definition) is 0. The fourth-order valence-electron chi connectivity index (χ4n) is 4.33. The third kappa shape index (κ3) is 5.39. The number of ether oxygens (including phenoxy) is 2. The van der Waals surface area contributed by atoms with Crippen LogP contribution in [0.1, 0.15) is 81.9 Å². The van der Waals surface area contributed by atoms with Crippen LogP contribution in [-0.2, 0) is 19.1 Å². The third-order valence-corrected chi connectivity index (χ3v) is 6.12. The van der Waals surface area contributed by atoms with Gasteiger partial charge in [-0.05, 0) is 18.9 Å². The summed E-state index contributed by atoms with van der Waals surface area (Å²) in [7, 11) is 2.67. The van der Waals surface area contributed by atoms with E-state index in [2.05, 4.69) is 38.1 Å². The number of rotatable bonds is 12. The van der Waals surface area contributed by atoms with Crippen molar-refractivity contribution in [3.8, 4) is 0 Å². The van der Waals surface area contributed by atoms with E-state index >= 15 is 0 Å². The molecule has 1 unspecified atom stereocenters. The summed E-state index contributed by atoms with van der Waals surface area (Å²) in [6.07, 6.45) is 10.1. The number of unbranched alkanes of at least 4 members (excludes halogenated alkanes) is 7. The zero-order chi connectivity index (χ0) is 21.3. The minimum absolute atomic E-state index is 0.0263. The van der Waals surface area contributed by atoms with Crippen molar-refractivity contribution in [3.05, 3.63) is 35.4 Å². The van der Waals surface area contributed by atoms with Crippen molar-refractivity contribution in [3.63, 3.8) is 0 Å². The number of carbonyl (C=O) groups is 2. The van der Waals surface area contributed by atoms with Crippen molar-refractivity contribution in [1.29, 1.82) is 0 Å². The largest absolute Gasteiger partial charge is 0.467 e. The predicted molar refractivity (Wildman–Crippen MR) is 115 cm³/mol. The Morgan fingerprint density at radius 1 is 0.931 bits per heavy atom. The van der Waals surface area contributed by atoms with E-state index in [0.29, 0.717) is 13.0 Å². The van der Waals surface area contributed by atoms with Crippen molar-refractivity contribution in [1.82, 2.24) is 4.90 Å². The standard InChI is InChI=1S/C24H37NO4/c1-5-6-7-8-9-10-11-12-17-25-21(20-15-13-19(2)14-16-20)18-24(25,22(26)28-3)23(27)29-4/h13-16,21H,5-12,17-18H2,1-4H3. The molecule has 2 rings (SSSR count). The van der Waals surface area contributed by atoms with Gasteiger partial charge in [0, 0.05) is 19.0 Å². The second kappa shape index (κ2) is 11.3. The molecule has 1 fully saturated rings. The predicted octanol–water partition coefficient (Wildman–Crippen LogP) is 4.97. The maximum atomic E-state index is 12.6. The van der Waals surface area contributed by atoms with Crippen LogP contribution in [0.25, 0.3) is 0 Å². The van der Waals surface area contributed by atoms with Gasteiger partial charge in [-0.15, -0.1) is 0 Å². The summed E-state index contributed by atoms with van der Waals surface area (Å²) in [5.74, 6) is -1.04. The summed E-state index contributed by atoms with van der Waals surface area (Å²) < 4.78 is 10.0. The van der Waals surface area contributed by atoms with Gasteiger partial charge >= 0.3 is 11.9 Å². The maximum Gasteiger partial charge on any atom is 0.338 e. The number of carbonyl (C=O) groups excluding carboxylic acids is 2. The molecule has 1 saturated heterocycles. The normalized spacial score (nSPS) is 18.1. The molecule has 1 atom stereocenters. The van der Waals surface area contributed by atoms with Crippen LogP contribution in [-0.4, -0.2) is 43.1 Å². The Balaban J connectivity index is 2.05. The molecule has 0 bridgehead atoms. The fraction of sp³-hybridized carbons (Fsp3) is 0.667. The first-order chi connectivity index (χ1) is 14.0.